The molecule has 2 heterocycles. The number of carbonyl (C=O) groups is 1. The van der Waals surface area contributed by atoms with E-state index in [0.717, 1.165) is 51.6 Å². The molecule has 6 heteroatoms. The first-order valence-corrected chi connectivity index (χ1v) is 10.0. The molecule has 120 valence electrons. The predicted molar refractivity (Wildman–Crippen MR) is 81.8 cm³/mol. The molecule has 5 nitrogen and oxygen atoms in total. The zero-order valence-electron chi connectivity index (χ0n) is 12.6. The van der Waals surface area contributed by atoms with Gasteiger partial charge in [0, 0.05) is 31.6 Å². The van der Waals surface area contributed by atoms with Gasteiger partial charge < -0.3 is 10.2 Å². The van der Waals surface area contributed by atoms with Crippen LogP contribution in [-0.4, -0.2) is 55.4 Å². The zero-order chi connectivity index (χ0) is 14.9. The Morgan fingerprint density at radius 2 is 1.76 bits per heavy atom. The predicted octanol–water partition coefficient (Wildman–Crippen LogP) is 1.09. The Morgan fingerprint density at radius 1 is 1.05 bits per heavy atom. The topological polar surface area (TPSA) is 66.5 Å². The third-order valence-electron chi connectivity index (χ3n) is 5.29. The minimum absolute atomic E-state index is 0.0194. The van der Waals surface area contributed by atoms with Crippen molar-refractivity contribution in [3.05, 3.63) is 0 Å². The van der Waals surface area contributed by atoms with Crippen molar-refractivity contribution in [1.29, 1.82) is 0 Å². The van der Waals surface area contributed by atoms with Gasteiger partial charge in [0.2, 0.25) is 5.91 Å². The Labute approximate surface area is 127 Å². The molecule has 1 N–H and O–H groups in total. The minimum Gasteiger partial charge on any atom is -0.341 e. The van der Waals surface area contributed by atoms with Gasteiger partial charge in [0.25, 0.3) is 0 Å². The minimum atomic E-state index is -3.08. The number of carbonyl (C=O) groups excluding carboxylic acids is 1. The van der Waals surface area contributed by atoms with Gasteiger partial charge in [0.15, 0.2) is 9.84 Å². The summed E-state index contributed by atoms with van der Waals surface area (Å²) in [5.74, 6) is 0.0556. The van der Waals surface area contributed by atoms with Crippen molar-refractivity contribution in [2.24, 2.45) is 0 Å². The van der Waals surface area contributed by atoms with Crippen LogP contribution in [-0.2, 0) is 14.6 Å². The molecule has 2 unspecified atom stereocenters. The Morgan fingerprint density at radius 3 is 2.52 bits per heavy atom. The highest BCUT2D eigenvalue weighted by Gasteiger charge is 2.33. The summed E-state index contributed by atoms with van der Waals surface area (Å²) in [4.78, 5) is 14.2. The number of nitrogens with one attached hydrogen (secondary N) is 1. The van der Waals surface area contributed by atoms with Crippen LogP contribution in [0, 0.1) is 0 Å². The standard InChI is InChI=1S/C15H26N2O3S/c18-15(8-10-21(19,20)14-3-1-2-4-14)17-9-7-12-5-6-13(11-17)16-12/h12-14,16H,1-11H2. The van der Waals surface area contributed by atoms with Crippen LogP contribution in [0.4, 0.5) is 0 Å². The molecule has 2 aliphatic heterocycles. The molecule has 0 aromatic heterocycles. The average Bonchev–Trinajstić information content (AvgIpc) is 3.06. The normalized spacial score (nSPS) is 30.6. The monoisotopic (exact) mass is 314 g/mol. The second-order valence-electron chi connectivity index (χ2n) is 6.79. The number of hydrogen-bond donors (Lipinski definition) is 1. The highest BCUT2D eigenvalue weighted by atomic mass is 32.2. The van der Waals surface area contributed by atoms with Gasteiger partial charge in [-0.05, 0) is 32.1 Å². The van der Waals surface area contributed by atoms with Gasteiger partial charge in [-0.15, -0.1) is 0 Å². The summed E-state index contributed by atoms with van der Waals surface area (Å²) in [6.45, 7) is 1.52. The second-order valence-corrected chi connectivity index (χ2v) is 9.19. The molecule has 0 aromatic carbocycles. The number of rotatable bonds is 4. The molecule has 21 heavy (non-hydrogen) atoms. The maximum atomic E-state index is 12.3. The van der Waals surface area contributed by atoms with Crippen LogP contribution >= 0.6 is 0 Å². The number of amides is 1. The highest BCUT2D eigenvalue weighted by molar-refractivity contribution is 7.92. The summed E-state index contributed by atoms with van der Waals surface area (Å²) in [6.07, 6.45) is 7.10. The van der Waals surface area contributed by atoms with E-state index in [9.17, 15) is 13.2 Å². The highest BCUT2D eigenvalue weighted by Crippen LogP contribution is 2.26. The Kier molecular flexibility index (Phi) is 4.54. The molecule has 0 spiro atoms. The molecular weight excluding hydrogens is 288 g/mol. The fraction of sp³-hybridized carbons (Fsp3) is 0.933. The van der Waals surface area contributed by atoms with Crippen LogP contribution in [0.25, 0.3) is 0 Å². The smallest absolute Gasteiger partial charge is 0.223 e. The number of nitrogens with zero attached hydrogens (tertiary/aromatic N) is 1. The fourth-order valence-corrected chi connectivity index (χ4v) is 5.82. The lowest BCUT2D eigenvalue weighted by Gasteiger charge is -2.24. The average molecular weight is 314 g/mol. The van der Waals surface area contributed by atoms with E-state index in [1.807, 2.05) is 4.90 Å². The van der Waals surface area contributed by atoms with Crippen molar-refractivity contribution in [3.8, 4) is 0 Å². The lowest BCUT2D eigenvalue weighted by atomic mass is 10.1. The fourth-order valence-electron chi connectivity index (χ4n) is 3.97. The molecule has 3 rings (SSSR count). The Bertz CT molecular complexity index is 485. The van der Waals surface area contributed by atoms with Crippen LogP contribution in [0.15, 0.2) is 0 Å². The van der Waals surface area contributed by atoms with Crippen molar-refractivity contribution < 1.29 is 13.2 Å². The first kappa shape index (κ1) is 15.3. The van der Waals surface area contributed by atoms with Crippen LogP contribution < -0.4 is 5.32 Å². The van der Waals surface area contributed by atoms with Gasteiger partial charge in [-0.1, -0.05) is 12.8 Å². The molecule has 2 saturated heterocycles. The molecule has 3 aliphatic rings. The second kappa shape index (κ2) is 6.24. The van der Waals surface area contributed by atoms with Crippen LogP contribution in [0.1, 0.15) is 51.4 Å². The van der Waals surface area contributed by atoms with E-state index in [1.54, 1.807) is 0 Å². The summed E-state index contributed by atoms with van der Waals surface area (Å²) in [5.41, 5.74) is 0. The number of fused-ring (bicyclic) bond motifs is 2. The van der Waals surface area contributed by atoms with Gasteiger partial charge in [-0.3, -0.25) is 4.79 Å². The number of hydrogen-bond acceptors (Lipinski definition) is 4. The van der Waals surface area contributed by atoms with Gasteiger partial charge in [-0.25, -0.2) is 8.42 Å². The molecule has 1 aliphatic carbocycles. The lowest BCUT2D eigenvalue weighted by Crippen LogP contribution is -2.39. The maximum absolute atomic E-state index is 12.3. The lowest BCUT2D eigenvalue weighted by molar-refractivity contribution is -0.131. The summed E-state index contributed by atoms with van der Waals surface area (Å²) in [6, 6.07) is 0.961. The van der Waals surface area contributed by atoms with Crippen LogP contribution in [0.5, 0.6) is 0 Å². The van der Waals surface area contributed by atoms with Gasteiger partial charge in [0.05, 0.1) is 11.0 Å². The third-order valence-corrected chi connectivity index (χ3v) is 7.55. The first-order valence-electron chi connectivity index (χ1n) is 8.30. The molecule has 3 fully saturated rings. The van der Waals surface area contributed by atoms with Crippen LogP contribution in [0.2, 0.25) is 0 Å². The van der Waals surface area contributed by atoms with E-state index < -0.39 is 9.84 Å². The summed E-state index contributed by atoms with van der Waals surface area (Å²) >= 11 is 0. The van der Waals surface area contributed by atoms with Crippen molar-refractivity contribution in [2.75, 3.05) is 18.8 Å². The number of sulfone groups is 1. The first-order chi connectivity index (χ1) is 10.0. The van der Waals surface area contributed by atoms with Gasteiger partial charge >= 0.3 is 0 Å². The quantitative estimate of drug-likeness (QED) is 0.843. The van der Waals surface area contributed by atoms with E-state index in [2.05, 4.69) is 5.32 Å². The SMILES string of the molecule is O=C(CCS(=O)(=O)C1CCCC1)N1CCC2CCC(C1)N2. The van der Waals surface area contributed by atoms with Crippen molar-refractivity contribution in [3.63, 3.8) is 0 Å². The van der Waals surface area contributed by atoms with Gasteiger partial charge in [-0.2, -0.15) is 0 Å². The molecule has 1 amide bonds. The van der Waals surface area contributed by atoms with E-state index in [4.69, 9.17) is 0 Å². The summed E-state index contributed by atoms with van der Waals surface area (Å²) in [5, 5.41) is 3.35. The van der Waals surface area contributed by atoms with E-state index in [-0.39, 0.29) is 23.3 Å². The Hall–Kier alpha value is -0.620. The van der Waals surface area contributed by atoms with E-state index in [0.29, 0.717) is 12.1 Å². The molecule has 1 saturated carbocycles. The maximum Gasteiger partial charge on any atom is 0.223 e. The van der Waals surface area contributed by atoms with E-state index >= 15 is 0 Å². The van der Waals surface area contributed by atoms with Crippen molar-refractivity contribution in [2.45, 2.75) is 68.7 Å². The largest absolute Gasteiger partial charge is 0.341 e. The number of likely N-dealkylation sites (tertiary alicyclic amines) is 1. The van der Waals surface area contributed by atoms with E-state index in [1.165, 1.54) is 6.42 Å². The zero-order valence-corrected chi connectivity index (χ0v) is 13.4. The van der Waals surface area contributed by atoms with Crippen LogP contribution in [0.3, 0.4) is 0 Å². The molecule has 2 atom stereocenters. The van der Waals surface area contributed by atoms with Gasteiger partial charge in [0.1, 0.15) is 0 Å². The molecule has 0 radical (unpaired) electrons. The molecular formula is C15H26N2O3S. The van der Waals surface area contributed by atoms with Crippen molar-refractivity contribution in [1.82, 2.24) is 10.2 Å². The Balaban J connectivity index is 1.51. The molecule has 0 aromatic rings. The summed E-state index contributed by atoms with van der Waals surface area (Å²) in [7, 11) is -3.08. The summed E-state index contributed by atoms with van der Waals surface area (Å²) < 4.78 is 24.5. The molecule has 2 bridgehead atoms. The third kappa shape index (κ3) is 3.59. The van der Waals surface area contributed by atoms with Crippen molar-refractivity contribution >= 4 is 15.7 Å².